The summed E-state index contributed by atoms with van der Waals surface area (Å²) in [5.74, 6) is 0.311. The molecule has 3 aliphatic rings. The summed E-state index contributed by atoms with van der Waals surface area (Å²) in [6.07, 6.45) is 2.42. The lowest BCUT2D eigenvalue weighted by atomic mass is 9.89. The number of ether oxygens (including phenoxy) is 2. The number of methoxy groups -OCH3 is 1. The number of hydrogen-bond donors (Lipinski definition) is 1. The quantitative estimate of drug-likeness (QED) is 0.839. The van der Waals surface area contributed by atoms with E-state index in [9.17, 15) is 9.59 Å². The number of anilines is 2. The van der Waals surface area contributed by atoms with Crippen molar-refractivity contribution >= 4 is 23.2 Å². The molecule has 0 aliphatic carbocycles. The highest BCUT2D eigenvalue weighted by atomic mass is 16.5. The van der Waals surface area contributed by atoms with Crippen LogP contribution in [-0.4, -0.2) is 63.4 Å². The number of hydrogen-bond acceptors (Lipinski definition) is 5. The number of fused-ring (bicyclic) bond motifs is 1. The van der Waals surface area contributed by atoms with Crippen molar-refractivity contribution in [2.75, 3.05) is 43.2 Å². The fraction of sp³-hybridized carbons (Fsp3) is 0.636. The number of piperidine rings is 1. The first kappa shape index (κ1) is 20.3. The molecule has 1 aromatic carbocycles. The van der Waals surface area contributed by atoms with Crippen molar-refractivity contribution in [3.8, 4) is 0 Å². The molecule has 4 rings (SSSR count). The van der Waals surface area contributed by atoms with Crippen molar-refractivity contribution < 1.29 is 19.1 Å². The first-order chi connectivity index (χ1) is 14.0. The van der Waals surface area contributed by atoms with E-state index in [0.717, 1.165) is 43.7 Å². The van der Waals surface area contributed by atoms with E-state index in [2.05, 4.69) is 17.4 Å². The Morgan fingerprint density at radius 1 is 1.24 bits per heavy atom. The van der Waals surface area contributed by atoms with Gasteiger partial charge in [-0.25, -0.2) is 0 Å². The number of rotatable bonds is 3. The van der Waals surface area contributed by atoms with Gasteiger partial charge in [0.05, 0.1) is 23.5 Å². The minimum absolute atomic E-state index is 0.00510. The molecule has 7 heteroatoms. The van der Waals surface area contributed by atoms with Crippen LogP contribution < -0.4 is 15.1 Å². The smallest absolute Gasteiger partial charge is 0.256 e. The highest BCUT2D eigenvalue weighted by Gasteiger charge is 2.38. The highest BCUT2D eigenvalue weighted by molar-refractivity contribution is 6.05. The maximum atomic E-state index is 13.2. The van der Waals surface area contributed by atoms with Crippen LogP contribution in [-0.2, 0) is 19.1 Å². The summed E-state index contributed by atoms with van der Waals surface area (Å²) in [6.45, 7) is 6.43. The molecule has 2 fully saturated rings. The Balaban J connectivity index is 1.70. The summed E-state index contributed by atoms with van der Waals surface area (Å²) in [6, 6.07) is 6.10. The van der Waals surface area contributed by atoms with Gasteiger partial charge in [-0.3, -0.25) is 9.59 Å². The zero-order chi connectivity index (χ0) is 20.5. The fourth-order valence-corrected chi connectivity index (χ4v) is 4.87. The Kier molecular flexibility index (Phi) is 5.90. The SMILES string of the molecule is COC1CNCC(c2ccc3c(c2)N(C(=O)C2CCCO2)C[C@H](C)N3C(C)=O)C1. The molecular weight excluding hydrogens is 370 g/mol. The maximum Gasteiger partial charge on any atom is 0.256 e. The Bertz CT molecular complexity index is 777. The summed E-state index contributed by atoms with van der Waals surface area (Å²) < 4.78 is 11.2. The molecule has 1 N–H and O–H groups in total. The van der Waals surface area contributed by atoms with Crippen molar-refractivity contribution in [2.24, 2.45) is 0 Å². The summed E-state index contributed by atoms with van der Waals surface area (Å²) in [7, 11) is 1.75. The molecule has 0 radical (unpaired) electrons. The maximum absolute atomic E-state index is 13.2. The van der Waals surface area contributed by atoms with E-state index in [0.29, 0.717) is 19.1 Å². The molecule has 0 aromatic heterocycles. The first-order valence-electron chi connectivity index (χ1n) is 10.6. The third-order valence-corrected chi connectivity index (χ3v) is 6.36. The van der Waals surface area contributed by atoms with Crippen LogP contribution in [0.1, 0.15) is 44.6 Å². The van der Waals surface area contributed by atoms with Gasteiger partial charge < -0.3 is 24.6 Å². The van der Waals surface area contributed by atoms with Crippen LogP contribution in [0.25, 0.3) is 0 Å². The lowest BCUT2D eigenvalue weighted by Gasteiger charge is -2.42. The van der Waals surface area contributed by atoms with Crippen LogP contribution in [0.3, 0.4) is 0 Å². The Hall–Kier alpha value is -1.96. The average molecular weight is 402 g/mol. The van der Waals surface area contributed by atoms with Gasteiger partial charge in [0.2, 0.25) is 5.91 Å². The number of benzene rings is 1. The van der Waals surface area contributed by atoms with E-state index in [4.69, 9.17) is 9.47 Å². The van der Waals surface area contributed by atoms with Crippen molar-refractivity contribution in [2.45, 2.75) is 57.3 Å². The second-order valence-corrected chi connectivity index (χ2v) is 8.39. The number of carbonyl (C=O) groups excluding carboxylic acids is 2. The van der Waals surface area contributed by atoms with Gasteiger partial charge in [-0.05, 0) is 49.8 Å². The van der Waals surface area contributed by atoms with Gasteiger partial charge >= 0.3 is 0 Å². The van der Waals surface area contributed by atoms with Crippen molar-refractivity contribution in [3.63, 3.8) is 0 Å². The molecule has 4 atom stereocenters. The molecule has 3 aliphatic heterocycles. The Labute approximate surface area is 172 Å². The molecule has 2 saturated heterocycles. The van der Waals surface area contributed by atoms with Crippen LogP contribution >= 0.6 is 0 Å². The van der Waals surface area contributed by atoms with E-state index in [1.54, 1.807) is 18.9 Å². The highest BCUT2D eigenvalue weighted by Crippen LogP contribution is 2.39. The summed E-state index contributed by atoms with van der Waals surface area (Å²) in [4.78, 5) is 29.2. The van der Waals surface area contributed by atoms with Crippen LogP contribution in [0.2, 0.25) is 0 Å². The topological polar surface area (TPSA) is 71.1 Å². The third-order valence-electron chi connectivity index (χ3n) is 6.36. The molecular formula is C22H31N3O4. The molecule has 3 unspecified atom stereocenters. The lowest BCUT2D eigenvalue weighted by molar-refractivity contribution is -0.127. The van der Waals surface area contributed by atoms with Gasteiger partial charge in [0, 0.05) is 40.3 Å². The normalized spacial score (nSPS) is 29.6. The number of amides is 2. The zero-order valence-corrected chi connectivity index (χ0v) is 17.5. The van der Waals surface area contributed by atoms with Gasteiger partial charge in [0.25, 0.3) is 5.91 Å². The van der Waals surface area contributed by atoms with Gasteiger partial charge in [-0.2, -0.15) is 0 Å². The van der Waals surface area contributed by atoms with E-state index in [-0.39, 0.29) is 30.1 Å². The van der Waals surface area contributed by atoms with E-state index in [1.165, 1.54) is 5.56 Å². The molecule has 3 heterocycles. The molecule has 29 heavy (non-hydrogen) atoms. The zero-order valence-electron chi connectivity index (χ0n) is 17.5. The molecule has 0 bridgehead atoms. The van der Waals surface area contributed by atoms with Crippen molar-refractivity contribution in [1.29, 1.82) is 0 Å². The van der Waals surface area contributed by atoms with Crippen molar-refractivity contribution in [1.82, 2.24) is 5.32 Å². The van der Waals surface area contributed by atoms with Crippen LogP contribution in [0.5, 0.6) is 0 Å². The predicted octanol–water partition coefficient (Wildman–Crippen LogP) is 2.05. The largest absolute Gasteiger partial charge is 0.380 e. The number of nitrogens with one attached hydrogen (secondary N) is 1. The summed E-state index contributed by atoms with van der Waals surface area (Å²) in [5.41, 5.74) is 2.79. The Morgan fingerprint density at radius 3 is 2.76 bits per heavy atom. The second kappa shape index (κ2) is 8.42. The van der Waals surface area contributed by atoms with E-state index >= 15 is 0 Å². The average Bonchev–Trinajstić information content (AvgIpc) is 3.27. The predicted molar refractivity (Wildman–Crippen MR) is 111 cm³/mol. The molecule has 2 amide bonds. The molecule has 0 spiro atoms. The van der Waals surface area contributed by atoms with Crippen molar-refractivity contribution in [3.05, 3.63) is 23.8 Å². The third kappa shape index (κ3) is 3.91. The minimum atomic E-state index is -0.378. The molecule has 158 valence electrons. The fourth-order valence-electron chi connectivity index (χ4n) is 4.87. The molecule has 1 aromatic rings. The standard InChI is InChI=1S/C22H31N3O4/c1-14-13-24(22(27)21-5-4-8-29-21)20-10-16(6-7-19(20)25(14)15(2)26)17-9-18(28-3)12-23-11-17/h6-7,10,14,17-18,21,23H,4-5,8-9,11-13H2,1-3H3/t14-,17?,18?,21?/m0/s1. The van der Waals surface area contributed by atoms with Gasteiger partial charge in [0.15, 0.2) is 0 Å². The summed E-state index contributed by atoms with van der Waals surface area (Å²) >= 11 is 0. The van der Waals surface area contributed by atoms with Crippen LogP contribution in [0.4, 0.5) is 11.4 Å². The second-order valence-electron chi connectivity index (χ2n) is 8.39. The molecule has 7 nitrogen and oxygen atoms in total. The van der Waals surface area contributed by atoms with E-state index in [1.807, 2.05) is 17.9 Å². The van der Waals surface area contributed by atoms with E-state index < -0.39 is 0 Å². The summed E-state index contributed by atoms with van der Waals surface area (Å²) in [5, 5.41) is 3.44. The van der Waals surface area contributed by atoms with Gasteiger partial charge in [-0.15, -0.1) is 0 Å². The lowest BCUT2D eigenvalue weighted by Crippen LogP contribution is -2.53. The first-order valence-corrected chi connectivity index (χ1v) is 10.6. The molecule has 0 saturated carbocycles. The van der Waals surface area contributed by atoms with Gasteiger partial charge in [-0.1, -0.05) is 6.07 Å². The number of carbonyl (C=O) groups is 2. The Morgan fingerprint density at radius 2 is 2.07 bits per heavy atom. The number of nitrogens with zero attached hydrogens (tertiary/aromatic N) is 2. The van der Waals surface area contributed by atoms with Crippen LogP contribution in [0.15, 0.2) is 18.2 Å². The van der Waals surface area contributed by atoms with Crippen LogP contribution in [0, 0.1) is 0 Å². The monoisotopic (exact) mass is 401 g/mol. The minimum Gasteiger partial charge on any atom is -0.380 e. The van der Waals surface area contributed by atoms with Gasteiger partial charge in [0.1, 0.15) is 6.10 Å².